The molecular formula is C20H26ClN3O2. The lowest BCUT2D eigenvalue weighted by Crippen LogP contribution is -2.36. The van der Waals surface area contributed by atoms with E-state index in [1.54, 1.807) is 7.05 Å². The van der Waals surface area contributed by atoms with Gasteiger partial charge in [-0.2, -0.15) is 5.10 Å². The first-order chi connectivity index (χ1) is 12.4. The fourth-order valence-electron chi connectivity index (χ4n) is 2.84. The zero-order valence-electron chi connectivity index (χ0n) is 15.9. The van der Waals surface area contributed by atoms with Crippen molar-refractivity contribution in [1.29, 1.82) is 0 Å². The second-order valence-corrected chi connectivity index (χ2v) is 6.79. The molecule has 0 aliphatic heterocycles. The van der Waals surface area contributed by atoms with Crippen molar-refractivity contribution in [1.82, 2.24) is 14.7 Å². The molecule has 1 heterocycles. The van der Waals surface area contributed by atoms with Gasteiger partial charge in [-0.25, -0.2) is 0 Å². The van der Waals surface area contributed by atoms with E-state index in [2.05, 4.69) is 24.2 Å². The molecule has 2 aromatic rings. The molecule has 0 unspecified atom stereocenters. The molecule has 0 atom stereocenters. The monoisotopic (exact) mass is 375 g/mol. The van der Waals surface area contributed by atoms with Crippen molar-refractivity contribution in [3.05, 3.63) is 51.8 Å². The summed E-state index contributed by atoms with van der Waals surface area (Å²) in [5, 5.41) is 4.59. The van der Waals surface area contributed by atoms with Crippen molar-refractivity contribution in [2.45, 2.75) is 53.0 Å². The van der Waals surface area contributed by atoms with Crippen LogP contribution >= 0.6 is 11.6 Å². The lowest BCUT2D eigenvalue weighted by molar-refractivity contribution is -0.126. The van der Waals surface area contributed by atoms with Crippen molar-refractivity contribution in [2.75, 3.05) is 0 Å². The van der Waals surface area contributed by atoms with Crippen LogP contribution in [0.1, 0.15) is 60.9 Å². The van der Waals surface area contributed by atoms with Crippen molar-refractivity contribution in [3.8, 4) is 0 Å². The molecule has 0 saturated heterocycles. The largest absolute Gasteiger partial charge is 0.280 e. The van der Waals surface area contributed by atoms with E-state index in [0.717, 1.165) is 24.8 Å². The van der Waals surface area contributed by atoms with Crippen LogP contribution in [0.2, 0.25) is 5.02 Å². The van der Waals surface area contributed by atoms with Crippen molar-refractivity contribution >= 4 is 23.4 Å². The van der Waals surface area contributed by atoms with Crippen LogP contribution in [-0.2, 0) is 31.2 Å². The van der Waals surface area contributed by atoms with E-state index in [-0.39, 0.29) is 18.1 Å². The molecular weight excluding hydrogens is 350 g/mol. The lowest BCUT2D eigenvalue weighted by Gasteiger charge is -2.19. The fraction of sp³-hybridized carbons (Fsp3) is 0.450. The molecule has 0 aliphatic carbocycles. The average molecular weight is 376 g/mol. The van der Waals surface area contributed by atoms with Crippen LogP contribution in [0, 0.1) is 0 Å². The predicted molar refractivity (Wildman–Crippen MR) is 103 cm³/mol. The van der Waals surface area contributed by atoms with Crippen molar-refractivity contribution < 1.29 is 9.59 Å². The summed E-state index contributed by atoms with van der Waals surface area (Å²) in [6, 6.07) is 8.05. The zero-order valence-corrected chi connectivity index (χ0v) is 16.6. The number of unbranched alkanes of at least 4 members (excludes halogenated alkanes) is 1. The van der Waals surface area contributed by atoms with Crippen LogP contribution in [0.15, 0.2) is 24.3 Å². The van der Waals surface area contributed by atoms with Crippen LogP contribution in [0.4, 0.5) is 0 Å². The van der Waals surface area contributed by atoms with Crippen LogP contribution in [-0.4, -0.2) is 26.5 Å². The molecule has 0 radical (unpaired) electrons. The van der Waals surface area contributed by atoms with E-state index < -0.39 is 5.91 Å². The third kappa shape index (κ3) is 4.52. The fourth-order valence-corrected chi connectivity index (χ4v) is 3.22. The number of hydrogen-bond acceptors (Lipinski definition) is 3. The maximum atomic E-state index is 12.9. The van der Waals surface area contributed by atoms with E-state index in [4.69, 9.17) is 11.6 Å². The molecule has 0 N–H and O–H groups in total. The highest BCUT2D eigenvalue weighted by molar-refractivity contribution is 6.34. The molecule has 140 valence electrons. The maximum Gasteiger partial charge on any atom is 0.280 e. The third-order valence-corrected chi connectivity index (χ3v) is 4.80. The van der Waals surface area contributed by atoms with Gasteiger partial charge in [-0.3, -0.25) is 19.2 Å². The molecule has 0 fully saturated rings. The summed E-state index contributed by atoms with van der Waals surface area (Å²) in [5.74, 6) is -0.743. The number of carbonyl (C=O) groups excluding carboxylic acids is 2. The highest BCUT2D eigenvalue weighted by Gasteiger charge is 2.27. The normalized spacial score (nSPS) is 10.8. The molecule has 2 rings (SSSR count). The summed E-state index contributed by atoms with van der Waals surface area (Å²) in [6.45, 7) is 5.69. The Morgan fingerprint density at radius 2 is 1.77 bits per heavy atom. The van der Waals surface area contributed by atoms with Gasteiger partial charge in [0.2, 0.25) is 5.91 Å². The molecule has 2 amide bonds. The Kier molecular flexibility index (Phi) is 6.98. The minimum Gasteiger partial charge on any atom is -0.275 e. The predicted octanol–water partition coefficient (Wildman–Crippen LogP) is 4.17. The Labute approximate surface area is 159 Å². The van der Waals surface area contributed by atoms with E-state index >= 15 is 0 Å². The van der Waals surface area contributed by atoms with Gasteiger partial charge >= 0.3 is 0 Å². The quantitative estimate of drug-likeness (QED) is 0.729. The average Bonchev–Trinajstić information content (AvgIpc) is 2.91. The lowest BCUT2D eigenvalue weighted by atomic mass is 10.1. The zero-order chi connectivity index (χ0) is 19.3. The number of aromatic nitrogens is 2. The van der Waals surface area contributed by atoms with Crippen LogP contribution in [0.25, 0.3) is 0 Å². The van der Waals surface area contributed by atoms with Gasteiger partial charge in [0.05, 0.1) is 17.3 Å². The SMILES string of the molecule is CCCCc1ccc(CN(C(C)=O)C(=O)c2c(Cl)c(CC)nn2C)cc1. The number of halogens is 1. The molecule has 0 spiro atoms. The number of aryl methyl sites for hydroxylation is 3. The Balaban J connectivity index is 2.22. The molecule has 0 aliphatic rings. The number of benzene rings is 1. The summed E-state index contributed by atoms with van der Waals surface area (Å²) in [5.41, 5.74) is 3.07. The van der Waals surface area contributed by atoms with Crippen LogP contribution < -0.4 is 0 Å². The van der Waals surface area contributed by atoms with Gasteiger partial charge in [0.1, 0.15) is 5.69 Å². The summed E-state index contributed by atoms with van der Waals surface area (Å²) in [6.07, 6.45) is 3.96. The third-order valence-electron chi connectivity index (χ3n) is 4.40. The number of amides is 2. The standard InChI is InChI=1S/C20H26ClN3O2/c1-5-7-8-15-9-11-16(12-10-15)13-24(14(3)25)20(26)19-18(21)17(6-2)22-23(19)4/h9-12H,5-8,13H2,1-4H3. The van der Waals surface area contributed by atoms with Gasteiger partial charge in [-0.15, -0.1) is 0 Å². The topological polar surface area (TPSA) is 55.2 Å². The molecule has 26 heavy (non-hydrogen) atoms. The first-order valence-corrected chi connectivity index (χ1v) is 9.38. The molecule has 1 aromatic carbocycles. The van der Waals surface area contributed by atoms with Crippen molar-refractivity contribution in [3.63, 3.8) is 0 Å². The highest BCUT2D eigenvalue weighted by Crippen LogP contribution is 2.23. The maximum absolute atomic E-state index is 12.9. The molecule has 6 heteroatoms. The minimum absolute atomic E-state index is 0.213. The van der Waals surface area contributed by atoms with Gasteiger partial charge < -0.3 is 0 Å². The number of imide groups is 1. The number of nitrogens with zero attached hydrogens (tertiary/aromatic N) is 3. The summed E-state index contributed by atoms with van der Waals surface area (Å²) in [7, 11) is 1.67. The minimum atomic E-state index is -0.424. The first kappa shape index (κ1) is 20.2. The van der Waals surface area contributed by atoms with Crippen LogP contribution in [0.5, 0.6) is 0 Å². The number of carbonyl (C=O) groups is 2. The smallest absolute Gasteiger partial charge is 0.275 e. The summed E-state index contributed by atoms with van der Waals surface area (Å²) < 4.78 is 1.45. The molecule has 5 nitrogen and oxygen atoms in total. The second-order valence-electron chi connectivity index (χ2n) is 6.42. The number of rotatable bonds is 7. The molecule has 0 saturated carbocycles. The Hall–Kier alpha value is -2.14. The van der Waals surface area contributed by atoms with Gasteiger partial charge in [0.15, 0.2) is 0 Å². The second kappa shape index (κ2) is 8.99. The number of hydrogen-bond donors (Lipinski definition) is 0. The Morgan fingerprint density at radius 3 is 2.27 bits per heavy atom. The Bertz CT molecular complexity index is 781. The van der Waals surface area contributed by atoms with Crippen LogP contribution in [0.3, 0.4) is 0 Å². The summed E-state index contributed by atoms with van der Waals surface area (Å²) in [4.78, 5) is 26.2. The van der Waals surface area contributed by atoms with E-state index in [1.165, 1.54) is 22.1 Å². The van der Waals surface area contributed by atoms with E-state index in [0.29, 0.717) is 17.1 Å². The van der Waals surface area contributed by atoms with Gasteiger partial charge in [-0.05, 0) is 30.4 Å². The Morgan fingerprint density at radius 1 is 1.15 bits per heavy atom. The molecule has 0 bridgehead atoms. The van der Waals surface area contributed by atoms with Crippen molar-refractivity contribution in [2.24, 2.45) is 7.05 Å². The van der Waals surface area contributed by atoms with E-state index in [1.807, 2.05) is 19.1 Å². The van der Waals surface area contributed by atoms with Gasteiger partial charge in [0.25, 0.3) is 5.91 Å². The highest BCUT2D eigenvalue weighted by atomic mass is 35.5. The van der Waals surface area contributed by atoms with Gasteiger partial charge in [-0.1, -0.05) is 56.1 Å². The van der Waals surface area contributed by atoms with E-state index in [9.17, 15) is 9.59 Å². The summed E-state index contributed by atoms with van der Waals surface area (Å²) >= 11 is 6.30. The molecule has 1 aromatic heterocycles. The van der Waals surface area contributed by atoms with Gasteiger partial charge in [0, 0.05) is 14.0 Å². The first-order valence-electron chi connectivity index (χ1n) is 9.00.